The van der Waals surface area contributed by atoms with Gasteiger partial charge in [0.05, 0.1) is 5.56 Å². The van der Waals surface area contributed by atoms with E-state index in [9.17, 15) is 0 Å². The Morgan fingerprint density at radius 3 is 2.44 bits per heavy atom. The molecular formula is C30H30NO+. The largest absolute Gasteiger partial charge is 0.456 e. The van der Waals surface area contributed by atoms with E-state index in [1.807, 2.05) is 19.3 Å². The van der Waals surface area contributed by atoms with Crippen LogP contribution in [0.2, 0.25) is 0 Å². The molecule has 32 heavy (non-hydrogen) atoms. The average Bonchev–Trinajstić information content (AvgIpc) is 3.19. The lowest BCUT2D eigenvalue weighted by Gasteiger charge is -2.21. The third-order valence-electron chi connectivity index (χ3n) is 7.09. The zero-order valence-electron chi connectivity index (χ0n) is 20.8. The van der Waals surface area contributed by atoms with Gasteiger partial charge in [-0.3, -0.25) is 0 Å². The fourth-order valence-corrected chi connectivity index (χ4v) is 5.30. The van der Waals surface area contributed by atoms with Gasteiger partial charge in [0.15, 0.2) is 6.20 Å². The maximum atomic E-state index is 8.96. The van der Waals surface area contributed by atoms with Gasteiger partial charge in [-0.05, 0) is 65.4 Å². The molecule has 0 bridgehead atoms. The topological polar surface area (TPSA) is 17.0 Å². The molecule has 0 amide bonds. The molecule has 1 saturated carbocycles. The molecule has 2 heterocycles. The number of hydrogen-bond acceptors (Lipinski definition) is 1. The van der Waals surface area contributed by atoms with Crippen LogP contribution in [-0.2, 0) is 13.4 Å². The third kappa shape index (κ3) is 3.39. The van der Waals surface area contributed by atoms with Crippen molar-refractivity contribution in [1.82, 2.24) is 0 Å². The van der Waals surface area contributed by atoms with Crippen molar-refractivity contribution in [1.29, 1.82) is 0 Å². The summed E-state index contributed by atoms with van der Waals surface area (Å²) in [7, 11) is 2.03. The summed E-state index contributed by atoms with van der Waals surface area (Å²) in [6.45, 7) is 2.14. The molecule has 6 rings (SSSR count). The van der Waals surface area contributed by atoms with E-state index < -0.39 is 6.37 Å². The molecule has 1 fully saturated rings. The SMILES string of the molecule is [2H]C([2H])(c1cc[n+](C)c(-c2cc3oc4cc5ccccc5cc4c3cc2C)c1)C1CCCCC1. The summed E-state index contributed by atoms with van der Waals surface area (Å²) < 4.78 is 26.3. The Morgan fingerprint density at radius 2 is 1.62 bits per heavy atom. The molecule has 2 aromatic heterocycles. The van der Waals surface area contributed by atoms with Crippen molar-refractivity contribution in [3.05, 3.63) is 78.0 Å². The summed E-state index contributed by atoms with van der Waals surface area (Å²) in [4.78, 5) is 0. The number of aromatic nitrogens is 1. The lowest BCUT2D eigenvalue weighted by Crippen LogP contribution is -2.31. The van der Waals surface area contributed by atoms with Gasteiger partial charge < -0.3 is 4.42 Å². The number of nitrogens with zero attached hydrogens (tertiary/aromatic N) is 1. The van der Waals surface area contributed by atoms with Crippen LogP contribution in [0.3, 0.4) is 0 Å². The maximum absolute atomic E-state index is 8.96. The summed E-state index contributed by atoms with van der Waals surface area (Å²) in [5.41, 5.74) is 5.81. The first-order chi connectivity index (χ1) is 16.4. The molecule has 5 aromatic rings. The number of rotatable bonds is 3. The highest BCUT2D eigenvalue weighted by Gasteiger charge is 2.20. The van der Waals surface area contributed by atoms with Gasteiger partial charge in [0.2, 0.25) is 5.69 Å². The lowest BCUT2D eigenvalue weighted by molar-refractivity contribution is -0.660. The van der Waals surface area contributed by atoms with Crippen molar-refractivity contribution in [3.8, 4) is 11.3 Å². The van der Waals surface area contributed by atoms with E-state index in [2.05, 4.69) is 66.1 Å². The zero-order valence-corrected chi connectivity index (χ0v) is 18.8. The molecule has 3 aromatic carbocycles. The second-order valence-electron chi connectivity index (χ2n) is 9.35. The minimum atomic E-state index is -1.32. The molecule has 2 heteroatoms. The Hall–Kier alpha value is -3.13. The van der Waals surface area contributed by atoms with Crippen LogP contribution < -0.4 is 4.57 Å². The van der Waals surface area contributed by atoms with Crippen LogP contribution in [0.15, 0.2) is 71.3 Å². The molecule has 1 aliphatic rings. The predicted molar refractivity (Wildman–Crippen MR) is 133 cm³/mol. The van der Waals surface area contributed by atoms with Gasteiger partial charge >= 0.3 is 0 Å². The quantitative estimate of drug-likeness (QED) is 0.273. The van der Waals surface area contributed by atoms with Crippen LogP contribution >= 0.6 is 0 Å². The number of fused-ring (bicyclic) bond motifs is 4. The van der Waals surface area contributed by atoms with Crippen LogP contribution in [0.25, 0.3) is 44.0 Å². The minimum absolute atomic E-state index is 0.0925. The number of benzene rings is 3. The van der Waals surface area contributed by atoms with Gasteiger partial charge in [-0.2, -0.15) is 0 Å². The number of pyridine rings is 1. The Kier molecular flexibility index (Phi) is 4.24. The summed E-state index contributed by atoms with van der Waals surface area (Å²) in [6.07, 6.45) is 6.13. The predicted octanol–water partition coefficient (Wildman–Crippen LogP) is 7.66. The molecule has 0 atom stereocenters. The van der Waals surface area contributed by atoms with E-state index >= 15 is 0 Å². The van der Waals surface area contributed by atoms with Gasteiger partial charge in [-0.1, -0.05) is 56.4 Å². The molecule has 1 aliphatic carbocycles. The molecule has 0 aliphatic heterocycles. The fraction of sp³-hybridized carbons (Fsp3) is 0.300. The normalized spacial score (nSPS) is 16.6. The fourth-order valence-electron chi connectivity index (χ4n) is 5.30. The van der Waals surface area contributed by atoms with Crippen LogP contribution in [-0.4, -0.2) is 0 Å². The highest BCUT2D eigenvalue weighted by Crippen LogP contribution is 2.36. The Morgan fingerprint density at radius 1 is 0.906 bits per heavy atom. The van der Waals surface area contributed by atoms with E-state index in [0.29, 0.717) is 0 Å². The number of furan rings is 1. The Bertz CT molecular complexity index is 1540. The van der Waals surface area contributed by atoms with Gasteiger partial charge in [0.25, 0.3) is 0 Å². The summed E-state index contributed by atoms with van der Waals surface area (Å²) in [6, 6.07) is 21.1. The molecule has 0 unspecified atom stereocenters. The number of aryl methyl sites for hydroxylation is 2. The van der Waals surface area contributed by atoms with E-state index in [1.165, 1.54) is 17.2 Å². The molecule has 0 spiro atoms. The average molecular weight is 423 g/mol. The van der Waals surface area contributed by atoms with Crippen molar-refractivity contribution >= 4 is 32.7 Å². The first kappa shape index (κ1) is 17.4. The van der Waals surface area contributed by atoms with Crippen molar-refractivity contribution in [2.45, 2.75) is 45.4 Å². The second-order valence-corrected chi connectivity index (χ2v) is 9.35. The molecule has 0 N–H and O–H groups in total. The van der Waals surface area contributed by atoms with E-state index in [1.54, 1.807) is 0 Å². The monoisotopic (exact) mass is 422 g/mol. The first-order valence-corrected chi connectivity index (χ1v) is 11.8. The van der Waals surface area contributed by atoms with Crippen LogP contribution in [0, 0.1) is 12.8 Å². The summed E-state index contributed by atoms with van der Waals surface area (Å²) in [5.74, 6) is 0.0925. The molecule has 160 valence electrons. The molecular weight excluding hydrogens is 390 g/mol. The van der Waals surface area contributed by atoms with Crippen molar-refractivity contribution < 1.29 is 11.7 Å². The van der Waals surface area contributed by atoms with Crippen LogP contribution in [0.1, 0.15) is 46.0 Å². The Balaban J connectivity index is 1.49. The highest BCUT2D eigenvalue weighted by atomic mass is 16.3. The van der Waals surface area contributed by atoms with Crippen molar-refractivity contribution in [2.24, 2.45) is 13.0 Å². The number of hydrogen-bond donors (Lipinski definition) is 0. The molecule has 0 saturated heterocycles. The molecule has 2 nitrogen and oxygen atoms in total. The standard InChI is InChI=1S/C30H30NO/c1-20-14-26-27-17-23-10-6-7-11-24(23)18-29(27)32-30(26)19-25(20)28-16-22(12-13-31(28)2)15-21-8-4-3-5-9-21/h6-7,10-14,16-19,21H,3-5,8-9,15H2,1-2H3/q+1/i15D2. The van der Waals surface area contributed by atoms with Crippen LogP contribution in [0.4, 0.5) is 0 Å². The van der Waals surface area contributed by atoms with E-state index in [-0.39, 0.29) is 5.92 Å². The second kappa shape index (κ2) is 7.78. The van der Waals surface area contributed by atoms with Crippen molar-refractivity contribution in [3.63, 3.8) is 0 Å². The smallest absolute Gasteiger partial charge is 0.212 e. The third-order valence-corrected chi connectivity index (χ3v) is 7.09. The van der Waals surface area contributed by atoms with Crippen molar-refractivity contribution in [2.75, 3.05) is 0 Å². The van der Waals surface area contributed by atoms with Crippen LogP contribution in [0.5, 0.6) is 0 Å². The maximum Gasteiger partial charge on any atom is 0.212 e. The van der Waals surface area contributed by atoms with Gasteiger partial charge in [0.1, 0.15) is 18.2 Å². The van der Waals surface area contributed by atoms with Gasteiger partial charge in [-0.25, -0.2) is 4.57 Å². The molecule has 0 radical (unpaired) electrons. The highest BCUT2D eigenvalue weighted by molar-refractivity contribution is 6.10. The van der Waals surface area contributed by atoms with Gasteiger partial charge in [-0.15, -0.1) is 0 Å². The zero-order chi connectivity index (χ0) is 23.4. The summed E-state index contributed by atoms with van der Waals surface area (Å²) in [5, 5.41) is 4.65. The summed E-state index contributed by atoms with van der Waals surface area (Å²) >= 11 is 0. The van der Waals surface area contributed by atoms with E-state index in [4.69, 9.17) is 7.16 Å². The lowest BCUT2D eigenvalue weighted by atomic mass is 9.85. The van der Waals surface area contributed by atoms with Gasteiger partial charge in [0, 0.05) is 25.6 Å². The minimum Gasteiger partial charge on any atom is -0.456 e. The Labute approximate surface area is 192 Å². The van der Waals surface area contributed by atoms with E-state index in [0.717, 1.165) is 70.0 Å². The first-order valence-electron chi connectivity index (χ1n) is 12.8.